The maximum absolute atomic E-state index is 13.8. The van der Waals surface area contributed by atoms with Gasteiger partial charge < -0.3 is 21.1 Å². The standard InChI is InChI=1S/C30H34N6O4/c1-40-29(39)34-25(18-17-24-16-8-9-19-32-24)26(37)33-20-10-11-21-36-27(38)30(35-28(36)31,22-12-4-2-5-13-22)23-14-6-3-7-15-23/h2-9,12-16,19,25H,10-11,17-18,20-21H2,1H3,(H2,31,35)(H,33,37)(H,34,39)/t25-/m0/s1. The molecular formula is C30H34N6O4. The number of amides is 3. The number of benzene rings is 2. The molecule has 1 aliphatic heterocycles. The minimum absolute atomic E-state index is 0.165. The highest BCUT2D eigenvalue weighted by molar-refractivity contribution is 6.09. The number of aromatic nitrogens is 1. The van der Waals surface area contributed by atoms with E-state index in [0.717, 1.165) is 16.8 Å². The van der Waals surface area contributed by atoms with E-state index in [1.807, 2.05) is 78.9 Å². The van der Waals surface area contributed by atoms with Gasteiger partial charge in [-0.25, -0.2) is 9.79 Å². The first-order chi connectivity index (χ1) is 19.5. The summed E-state index contributed by atoms with van der Waals surface area (Å²) in [6, 6.07) is 23.6. The quantitative estimate of drug-likeness (QED) is 0.301. The number of guanidine groups is 1. The third kappa shape index (κ3) is 6.45. The smallest absolute Gasteiger partial charge is 0.407 e. The molecule has 4 rings (SSSR count). The predicted molar refractivity (Wildman–Crippen MR) is 151 cm³/mol. The van der Waals surface area contributed by atoms with Gasteiger partial charge in [-0.15, -0.1) is 0 Å². The molecule has 1 atom stereocenters. The molecule has 2 aromatic carbocycles. The van der Waals surface area contributed by atoms with Crippen molar-refractivity contribution in [1.29, 1.82) is 0 Å². The number of unbranched alkanes of at least 4 members (excludes halogenated alkanes) is 1. The van der Waals surface area contributed by atoms with Gasteiger partial charge in [0.05, 0.1) is 7.11 Å². The molecule has 2 heterocycles. The van der Waals surface area contributed by atoms with E-state index in [4.69, 9.17) is 10.7 Å². The number of nitrogens with one attached hydrogen (secondary N) is 2. The first kappa shape index (κ1) is 28.3. The van der Waals surface area contributed by atoms with Crippen molar-refractivity contribution >= 4 is 23.9 Å². The van der Waals surface area contributed by atoms with Crippen molar-refractivity contribution in [3.05, 3.63) is 102 Å². The maximum Gasteiger partial charge on any atom is 0.407 e. The fraction of sp³-hybridized carbons (Fsp3) is 0.300. The molecule has 0 saturated heterocycles. The van der Waals surface area contributed by atoms with Crippen molar-refractivity contribution in [2.75, 3.05) is 20.2 Å². The minimum atomic E-state index is -1.23. The van der Waals surface area contributed by atoms with Crippen LogP contribution in [0.25, 0.3) is 0 Å². The molecule has 0 fully saturated rings. The number of carbonyl (C=O) groups is 3. The van der Waals surface area contributed by atoms with E-state index >= 15 is 0 Å². The monoisotopic (exact) mass is 542 g/mol. The van der Waals surface area contributed by atoms with Crippen LogP contribution in [-0.4, -0.2) is 60.0 Å². The number of aryl methyl sites for hydroxylation is 1. The van der Waals surface area contributed by atoms with E-state index in [1.165, 1.54) is 12.0 Å². The molecule has 0 spiro atoms. The van der Waals surface area contributed by atoms with E-state index in [-0.39, 0.29) is 17.8 Å². The van der Waals surface area contributed by atoms with Gasteiger partial charge in [-0.1, -0.05) is 66.7 Å². The molecule has 0 saturated carbocycles. The Morgan fingerprint density at radius 2 is 1.62 bits per heavy atom. The number of hydrogen-bond donors (Lipinski definition) is 3. The zero-order valence-electron chi connectivity index (χ0n) is 22.5. The highest BCUT2D eigenvalue weighted by Crippen LogP contribution is 2.39. The summed E-state index contributed by atoms with van der Waals surface area (Å²) in [5.41, 5.74) is 7.38. The van der Waals surface area contributed by atoms with E-state index < -0.39 is 17.7 Å². The van der Waals surface area contributed by atoms with Crippen LogP contribution in [0.4, 0.5) is 4.79 Å². The first-order valence-electron chi connectivity index (χ1n) is 13.3. The van der Waals surface area contributed by atoms with Crippen LogP contribution in [0.15, 0.2) is 90.1 Å². The summed E-state index contributed by atoms with van der Waals surface area (Å²) in [7, 11) is 1.25. The molecule has 208 valence electrons. The third-order valence-electron chi connectivity index (χ3n) is 6.81. The summed E-state index contributed by atoms with van der Waals surface area (Å²) in [5.74, 6) is -0.353. The van der Waals surface area contributed by atoms with E-state index in [0.29, 0.717) is 38.8 Å². The number of nitrogens with two attached hydrogens (primary N) is 1. The number of carbonyl (C=O) groups excluding carboxylic acids is 3. The number of pyridine rings is 1. The van der Waals surface area contributed by atoms with Gasteiger partial charge in [0.1, 0.15) is 6.04 Å². The van der Waals surface area contributed by atoms with Crippen molar-refractivity contribution < 1.29 is 19.1 Å². The number of ether oxygens (including phenoxy) is 1. The van der Waals surface area contributed by atoms with Crippen molar-refractivity contribution in [2.45, 2.75) is 37.3 Å². The highest BCUT2D eigenvalue weighted by atomic mass is 16.5. The average molecular weight is 543 g/mol. The summed E-state index contributed by atoms with van der Waals surface area (Å²) in [4.78, 5) is 48.9. The molecule has 40 heavy (non-hydrogen) atoms. The molecule has 0 unspecified atom stereocenters. The number of hydrogen-bond acceptors (Lipinski definition) is 7. The second kappa shape index (κ2) is 13.4. The fourth-order valence-corrected chi connectivity index (χ4v) is 4.73. The van der Waals surface area contributed by atoms with Crippen LogP contribution >= 0.6 is 0 Å². The van der Waals surface area contributed by atoms with Crippen molar-refractivity contribution in [3.63, 3.8) is 0 Å². The SMILES string of the molecule is COC(=O)N[C@@H](CCc1ccccn1)C(=O)NCCCCN1C(=O)C(c2ccccc2)(c2ccccc2)N=C1N. The number of aliphatic imine (C=N–C) groups is 1. The van der Waals surface area contributed by atoms with E-state index in [2.05, 4.69) is 20.4 Å². The molecule has 10 heteroatoms. The van der Waals surface area contributed by atoms with Gasteiger partial charge in [0, 0.05) is 25.0 Å². The van der Waals surface area contributed by atoms with Crippen LogP contribution in [0.3, 0.4) is 0 Å². The molecule has 3 amide bonds. The average Bonchev–Trinajstić information content (AvgIpc) is 3.26. The molecule has 1 aromatic heterocycles. The van der Waals surface area contributed by atoms with Crippen LogP contribution in [0.1, 0.15) is 36.1 Å². The molecule has 10 nitrogen and oxygen atoms in total. The lowest BCUT2D eigenvalue weighted by molar-refractivity contribution is -0.130. The molecule has 0 aliphatic carbocycles. The lowest BCUT2D eigenvalue weighted by Crippen LogP contribution is -2.47. The zero-order chi connectivity index (χ0) is 28.4. The molecule has 1 aliphatic rings. The topological polar surface area (TPSA) is 139 Å². The van der Waals surface area contributed by atoms with E-state index in [9.17, 15) is 14.4 Å². The van der Waals surface area contributed by atoms with Gasteiger partial charge in [0.2, 0.25) is 5.91 Å². The Morgan fingerprint density at radius 1 is 0.975 bits per heavy atom. The summed E-state index contributed by atoms with van der Waals surface area (Å²) in [6.45, 7) is 0.721. The van der Waals surface area contributed by atoms with Gasteiger partial charge in [0.25, 0.3) is 5.91 Å². The van der Waals surface area contributed by atoms with E-state index in [1.54, 1.807) is 6.20 Å². The molecular weight excluding hydrogens is 508 g/mol. The van der Waals surface area contributed by atoms with Crippen LogP contribution in [-0.2, 0) is 26.3 Å². The van der Waals surface area contributed by atoms with Crippen molar-refractivity contribution in [2.24, 2.45) is 10.7 Å². The van der Waals surface area contributed by atoms with Gasteiger partial charge in [-0.05, 0) is 48.9 Å². The molecule has 0 bridgehead atoms. The lowest BCUT2D eigenvalue weighted by atomic mass is 9.83. The van der Waals surface area contributed by atoms with Crippen LogP contribution in [0, 0.1) is 0 Å². The number of alkyl carbamates (subject to hydrolysis) is 1. The van der Waals surface area contributed by atoms with Gasteiger partial charge >= 0.3 is 6.09 Å². The van der Waals surface area contributed by atoms with Gasteiger partial charge in [-0.2, -0.15) is 0 Å². The number of rotatable bonds is 12. The van der Waals surface area contributed by atoms with Crippen LogP contribution in [0.5, 0.6) is 0 Å². The Labute approximate surface area is 233 Å². The highest BCUT2D eigenvalue weighted by Gasteiger charge is 2.50. The second-order valence-corrected chi connectivity index (χ2v) is 9.42. The normalized spacial score (nSPS) is 14.8. The third-order valence-corrected chi connectivity index (χ3v) is 6.81. The first-order valence-corrected chi connectivity index (χ1v) is 13.3. The van der Waals surface area contributed by atoms with Crippen LogP contribution < -0.4 is 16.4 Å². The lowest BCUT2D eigenvalue weighted by Gasteiger charge is -2.27. The minimum Gasteiger partial charge on any atom is -0.453 e. The molecule has 4 N–H and O–H groups in total. The Balaban J connectivity index is 1.33. The van der Waals surface area contributed by atoms with Gasteiger partial charge in [-0.3, -0.25) is 19.5 Å². The largest absolute Gasteiger partial charge is 0.453 e. The summed E-state index contributed by atoms with van der Waals surface area (Å²) < 4.78 is 4.68. The molecule has 3 aromatic rings. The fourth-order valence-electron chi connectivity index (χ4n) is 4.73. The van der Waals surface area contributed by atoms with Crippen molar-refractivity contribution in [1.82, 2.24) is 20.5 Å². The van der Waals surface area contributed by atoms with Gasteiger partial charge in [0.15, 0.2) is 11.5 Å². The summed E-state index contributed by atoms with van der Waals surface area (Å²) in [6.07, 6.45) is 3.08. The predicted octanol–water partition coefficient (Wildman–Crippen LogP) is 2.74. The Bertz CT molecular complexity index is 1280. The number of methoxy groups -OCH3 is 1. The Kier molecular flexibility index (Phi) is 9.45. The zero-order valence-corrected chi connectivity index (χ0v) is 22.5. The Morgan fingerprint density at radius 3 is 2.23 bits per heavy atom. The maximum atomic E-state index is 13.8. The Hall–Kier alpha value is -4.73. The van der Waals surface area contributed by atoms with Crippen molar-refractivity contribution in [3.8, 4) is 0 Å². The van der Waals surface area contributed by atoms with Crippen LogP contribution in [0.2, 0.25) is 0 Å². The molecule has 0 radical (unpaired) electrons. The second-order valence-electron chi connectivity index (χ2n) is 9.42. The number of nitrogens with zero attached hydrogens (tertiary/aromatic N) is 3. The summed E-state index contributed by atoms with van der Waals surface area (Å²) >= 11 is 0. The summed E-state index contributed by atoms with van der Waals surface area (Å²) in [5, 5.41) is 5.46.